The van der Waals surface area contributed by atoms with Crippen molar-refractivity contribution in [1.29, 1.82) is 0 Å². The van der Waals surface area contributed by atoms with E-state index in [0.29, 0.717) is 11.9 Å². The monoisotopic (exact) mass is 371 g/mol. The van der Waals surface area contributed by atoms with Crippen LogP contribution in [0, 0.1) is 5.92 Å². The van der Waals surface area contributed by atoms with Gasteiger partial charge in [0, 0.05) is 30.8 Å². The van der Waals surface area contributed by atoms with Crippen molar-refractivity contribution in [3.05, 3.63) is 46.4 Å². The summed E-state index contributed by atoms with van der Waals surface area (Å²) in [5.74, 6) is 0.501. The average molecular weight is 371 g/mol. The van der Waals surface area contributed by atoms with Crippen molar-refractivity contribution >= 4 is 0 Å². The van der Waals surface area contributed by atoms with Crippen LogP contribution in [0.1, 0.15) is 45.0 Å². The number of likely N-dealkylation sites (tertiary alicyclic amines) is 1. The fourth-order valence-electron chi connectivity index (χ4n) is 3.37. The Morgan fingerprint density at radius 2 is 1.96 bits per heavy atom. The Balaban J connectivity index is 1.54. The molecule has 1 aliphatic heterocycles. The third-order valence-corrected chi connectivity index (χ3v) is 5.07. The predicted molar refractivity (Wildman–Crippen MR) is 104 cm³/mol. The zero-order chi connectivity index (χ0) is 19.4. The highest BCUT2D eigenvalue weighted by Gasteiger charge is 2.21. The molecule has 146 valence electrons. The smallest absolute Gasteiger partial charge is 0.316 e. The Labute approximate surface area is 160 Å². The van der Waals surface area contributed by atoms with Gasteiger partial charge in [-0.1, -0.05) is 20.8 Å². The summed E-state index contributed by atoms with van der Waals surface area (Å²) in [6, 6.07) is 4.02. The third kappa shape index (κ3) is 5.13. The standard InChI is InChI=1S/C20H29N5O2/c1-20(2,3)17-11-18(26)25(14-22-17)12-15-6-9-24(10-7-15)13-16-5-8-21-19(23-16)27-4/h5,8,11,14-15H,6-7,9-10,12-13H2,1-4H3. The number of hydrogen-bond donors (Lipinski definition) is 0. The summed E-state index contributed by atoms with van der Waals surface area (Å²) in [6.45, 7) is 9.75. The van der Waals surface area contributed by atoms with Crippen LogP contribution < -0.4 is 10.3 Å². The summed E-state index contributed by atoms with van der Waals surface area (Å²) in [4.78, 5) is 27.7. The Hall–Kier alpha value is -2.28. The topological polar surface area (TPSA) is 73.1 Å². The van der Waals surface area contributed by atoms with Gasteiger partial charge in [0.15, 0.2) is 0 Å². The van der Waals surface area contributed by atoms with Crippen LogP contribution in [0.3, 0.4) is 0 Å². The molecule has 0 aliphatic carbocycles. The maximum Gasteiger partial charge on any atom is 0.316 e. The largest absolute Gasteiger partial charge is 0.467 e. The highest BCUT2D eigenvalue weighted by atomic mass is 16.5. The number of rotatable bonds is 5. The SMILES string of the molecule is COc1nccc(CN2CCC(Cn3cnc(C(C)(C)C)cc3=O)CC2)n1. The van der Waals surface area contributed by atoms with E-state index in [2.05, 4.69) is 40.6 Å². The third-order valence-electron chi connectivity index (χ3n) is 5.07. The molecule has 0 bridgehead atoms. The highest BCUT2D eigenvalue weighted by molar-refractivity contribution is 5.10. The second kappa shape index (κ2) is 8.17. The molecule has 0 amide bonds. The van der Waals surface area contributed by atoms with E-state index < -0.39 is 0 Å². The molecule has 1 fully saturated rings. The van der Waals surface area contributed by atoms with Gasteiger partial charge in [0.05, 0.1) is 24.8 Å². The first-order chi connectivity index (χ1) is 12.8. The van der Waals surface area contributed by atoms with Crippen LogP contribution in [0.15, 0.2) is 29.5 Å². The lowest BCUT2D eigenvalue weighted by Crippen LogP contribution is -2.36. The van der Waals surface area contributed by atoms with E-state index in [1.54, 1.807) is 30.3 Å². The molecule has 0 atom stereocenters. The molecule has 0 saturated carbocycles. The average Bonchev–Trinajstić information content (AvgIpc) is 2.64. The van der Waals surface area contributed by atoms with Gasteiger partial charge in [0.25, 0.3) is 5.56 Å². The minimum atomic E-state index is -0.104. The van der Waals surface area contributed by atoms with Crippen LogP contribution in [0.5, 0.6) is 6.01 Å². The lowest BCUT2D eigenvalue weighted by Gasteiger charge is -2.32. The van der Waals surface area contributed by atoms with Gasteiger partial charge in [-0.3, -0.25) is 14.3 Å². The lowest BCUT2D eigenvalue weighted by molar-refractivity contribution is 0.164. The molecular weight excluding hydrogens is 342 g/mol. The fraction of sp³-hybridized carbons (Fsp3) is 0.600. The molecule has 0 radical (unpaired) electrons. The first-order valence-corrected chi connectivity index (χ1v) is 9.50. The first kappa shape index (κ1) is 19.5. The molecule has 3 heterocycles. The number of nitrogens with zero attached hydrogens (tertiary/aromatic N) is 5. The number of ether oxygens (including phenoxy) is 1. The Kier molecular flexibility index (Phi) is 5.89. The van der Waals surface area contributed by atoms with Crippen molar-refractivity contribution in [2.45, 2.75) is 52.1 Å². The zero-order valence-electron chi connectivity index (χ0n) is 16.7. The van der Waals surface area contributed by atoms with E-state index >= 15 is 0 Å². The van der Waals surface area contributed by atoms with Crippen LogP contribution in [-0.2, 0) is 18.5 Å². The van der Waals surface area contributed by atoms with E-state index in [9.17, 15) is 4.79 Å². The normalized spacial score (nSPS) is 16.4. The van der Waals surface area contributed by atoms with E-state index in [1.807, 2.05) is 6.07 Å². The van der Waals surface area contributed by atoms with Crippen LogP contribution in [0.4, 0.5) is 0 Å². The Morgan fingerprint density at radius 3 is 2.59 bits per heavy atom. The second-order valence-corrected chi connectivity index (χ2v) is 8.27. The maximum atomic E-state index is 12.4. The summed E-state index contributed by atoms with van der Waals surface area (Å²) in [7, 11) is 1.58. The zero-order valence-corrected chi connectivity index (χ0v) is 16.7. The number of piperidine rings is 1. The molecule has 27 heavy (non-hydrogen) atoms. The highest BCUT2D eigenvalue weighted by Crippen LogP contribution is 2.21. The first-order valence-electron chi connectivity index (χ1n) is 9.50. The predicted octanol–water partition coefficient (Wildman–Crippen LogP) is 2.25. The van der Waals surface area contributed by atoms with E-state index in [0.717, 1.165) is 50.4 Å². The number of methoxy groups -OCH3 is 1. The molecule has 2 aromatic heterocycles. The van der Waals surface area contributed by atoms with E-state index in [-0.39, 0.29) is 11.0 Å². The van der Waals surface area contributed by atoms with Gasteiger partial charge in [-0.25, -0.2) is 9.97 Å². The van der Waals surface area contributed by atoms with E-state index in [4.69, 9.17) is 4.74 Å². The van der Waals surface area contributed by atoms with Gasteiger partial charge in [-0.15, -0.1) is 0 Å². The molecule has 1 saturated heterocycles. The molecule has 7 heteroatoms. The van der Waals surface area contributed by atoms with Gasteiger partial charge in [-0.2, -0.15) is 4.98 Å². The molecule has 0 unspecified atom stereocenters. The number of aromatic nitrogens is 4. The van der Waals surface area contributed by atoms with E-state index in [1.165, 1.54) is 0 Å². The van der Waals surface area contributed by atoms with Crippen LogP contribution >= 0.6 is 0 Å². The van der Waals surface area contributed by atoms with Crippen LogP contribution in [0.25, 0.3) is 0 Å². The van der Waals surface area contributed by atoms with Gasteiger partial charge in [-0.05, 0) is 37.9 Å². The van der Waals surface area contributed by atoms with Crippen molar-refractivity contribution < 1.29 is 4.74 Å². The van der Waals surface area contributed by atoms with Gasteiger partial charge >= 0.3 is 6.01 Å². The van der Waals surface area contributed by atoms with Crippen LogP contribution in [-0.4, -0.2) is 44.6 Å². The molecular formula is C20H29N5O2. The Bertz CT molecular complexity index is 820. The minimum Gasteiger partial charge on any atom is -0.467 e. The van der Waals surface area contributed by atoms with Crippen molar-refractivity contribution in [3.63, 3.8) is 0 Å². The fourth-order valence-corrected chi connectivity index (χ4v) is 3.37. The molecule has 0 spiro atoms. The van der Waals surface area contributed by atoms with Gasteiger partial charge in [0.2, 0.25) is 0 Å². The minimum absolute atomic E-state index is 0.0467. The molecule has 0 aromatic carbocycles. The summed E-state index contributed by atoms with van der Waals surface area (Å²) in [6.07, 6.45) is 5.57. The molecule has 2 aromatic rings. The molecule has 3 rings (SSSR count). The summed E-state index contributed by atoms with van der Waals surface area (Å²) in [5.41, 5.74) is 1.76. The number of hydrogen-bond acceptors (Lipinski definition) is 6. The van der Waals surface area contributed by atoms with Crippen molar-refractivity contribution in [2.24, 2.45) is 5.92 Å². The Morgan fingerprint density at radius 1 is 1.22 bits per heavy atom. The molecule has 1 aliphatic rings. The summed E-state index contributed by atoms with van der Waals surface area (Å²) in [5, 5.41) is 0. The summed E-state index contributed by atoms with van der Waals surface area (Å²) >= 11 is 0. The molecule has 0 N–H and O–H groups in total. The van der Waals surface area contributed by atoms with Gasteiger partial charge in [0.1, 0.15) is 0 Å². The second-order valence-electron chi connectivity index (χ2n) is 8.27. The molecule has 7 nitrogen and oxygen atoms in total. The van der Waals surface area contributed by atoms with Crippen molar-refractivity contribution in [1.82, 2.24) is 24.4 Å². The van der Waals surface area contributed by atoms with Crippen molar-refractivity contribution in [3.8, 4) is 6.01 Å². The maximum absolute atomic E-state index is 12.4. The van der Waals surface area contributed by atoms with Gasteiger partial charge < -0.3 is 4.74 Å². The van der Waals surface area contributed by atoms with Crippen LogP contribution in [0.2, 0.25) is 0 Å². The quantitative estimate of drug-likeness (QED) is 0.803. The summed E-state index contributed by atoms with van der Waals surface area (Å²) < 4.78 is 6.84. The van der Waals surface area contributed by atoms with Crippen molar-refractivity contribution in [2.75, 3.05) is 20.2 Å². The lowest BCUT2D eigenvalue weighted by atomic mass is 9.92.